The number of halogens is 1. The van der Waals surface area contributed by atoms with Crippen LogP contribution in [0.25, 0.3) is 6.08 Å². The molecule has 6 nitrogen and oxygen atoms in total. The van der Waals surface area contributed by atoms with E-state index < -0.39 is 0 Å². The van der Waals surface area contributed by atoms with E-state index in [1.807, 2.05) is 31.2 Å². The zero-order chi connectivity index (χ0) is 18.4. The van der Waals surface area contributed by atoms with E-state index >= 15 is 0 Å². The van der Waals surface area contributed by atoms with E-state index in [1.165, 1.54) is 6.08 Å². The van der Waals surface area contributed by atoms with E-state index in [0.29, 0.717) is 30.7 Å². The van der Waals surface area contributed by atoms with Gasteiger partial charge in [-0.05, 0) is 30.7 Å². The summed E-state index contributed by atoms with van der Waals surface area (Å²) in [5, 5.41) is 3.45. The summed E-state index contributed by atoms with van der Waals surface area (Å²) >= 11 is 6.08. The molecule has 1 amide bonds. The first-order chi connectivity index (χ1) is 12.6. The first kappa shape index (κ1) is 18.4. The topological polar surface area (TPSA) is 67.4 Å². The first-order valence-electron chi connectivity index (χ1n) is 8.49. The molecule has 7 heteroatoms. The van der Waals surface area contributed by atoms with Crippen LogP contribution < -0.4 is 10.2 Å². The fourth-order valence-corrected chi connectivity index (χ4v) is 2.82. The van der Waals surface area contributed by atoms with Crippen LogP contribution in [0, 0.1) is 6.92 Å². The maximum atomic E-state index is 12.1. The maximum Gasteiger partial charge on any atom is 0.244 e. The third-order valence-electron chi connectivity index (χ3n) is 3.95. The van der Waals surface area contributed by atoms with Crippen molar-refractivity contribution in [3.05, 3.63) is 58.4 Å². The molecule has 1 aromatic carbocycles. The SMILES string of the molecule is Cc1cc(CNC(=O)/C=C/c2ccccc2Cl)nc(N2CCOCC2)n1. The average molecular weight is 373 g/mol. The van der Waals surface area contributed by atoms with Crippen LogP contribution in [-0.4, -0.2) is 42.2 Å². The summed E-state index contributed by atoms with van der Waals surface area (Å²) in [6, 6.07) is 9.25. The fraction of sp³-hybridized carbons (Fsp3) is 0.316. The number of rotatable bonds is 5. The van der Waals surface area contributed by atoms with Crippen LogP contribution in [0.1, 0.15) is 17.0 Å². The monoisotopic (exact) mass is 372 g/mol. The Kier molecular flexibility index (Phi) is 6.20. The molecule has 1 fully saturated rings. The lowest BCUT2D eigenvalue weighted by Gasteiger charge is -2.27. The van der Waals surface area contributed by atoms with Gasteiger partial charge in [0, 0.05) is 29.9 Å². The first-order valence-corrected chi connectivity index (χ1v) is 8.87. The molecule has 3 rings (SSSR count). The van der Waals surface area contributed by atoms with Gasteiger partial charge in [-0.1, -0.05) is 29.8 Å². The smallest absolute Gasteiger partial charge is 0.244 e. The van der Waals surface area contributed by atoms with Crippen molar-refractivity contribution in [3.63, 3.8) is 0 Å². The highest BCUT2D eigenvalue weighted by Crippen LogP contribution is 2.16. The van der Waals surface area contributed by atoms with Gasteiger partial charge in [-0.25, -0.2) is 9.97 Å². The van der Waals surface area contributed by atoms with Gasteiger partial charge in [0.1, 0.15) is 0 Å². The minimum atomic E-state index is -0.200. The van der Waals surface area contributed by atoms with Crippen molar-refractivity contribution in [3.8, 4) is 0 Å². The number of aryl methyl sites for hydroxylation is 1. The van der Waals surface area contributed by atoms with Crippen LogP contribution in [-0.2, 0) is 16.1 Å². The molecule has 2 aromatic rings. The Labute approximate surface area is 157 Å². The van der Waals surface area contributed by atoms with Gasteiger partial charge < -0.3 is 15.0 Å². The number of carbonyl (C=O) groups excluding carboxylic acids is 1. The van der Waals surface area contributed by atoms with Crippen molar-refractivity contribution in [2.45, 2.75) is 13.5 Å². The summed E-state index contributed by atoms with van der Waals surface area (Å²) in [6.07, 6.45) is 3.17. The molecule has 0 aliphatic carbocycles. The molecule has 1 aliphatic heterocycles. The van der Waals surface area contributed by atoms with E-state index in [0.717, 1.165) is 30.0 Å². The molecule has 0 atom stereocenters. The minimum Gasteiger partial charge on any atom is -0.378 e. The van der Waals surface area contributed by atoms with E-state index in [1.54, 1.807) is 12.1 Å². The molecule has 0 saturated carbocycles. The van der Waals surface area contributed by atoms with Crippen LogP contribution in [0.3, 0.4) is 0 Å². The quantitative estimate of drug-likeness (QED) is 0.817. The summed E-state index contributed by atoms with van der Waals surface area (Å²) in [4.78, 5) is 23.2. The Bertz CT molecular complexity index is 804. The largest absolute Gasteiger partial charge is 0.378 e. The fourth-order valence-electron chi connectivity index (χ4n) is 2.62. The van der Waals surface area contributed by atoms with Crippen molar-refractivity contribution in [1.29, 1.82) is 0 Å². The molecule has 0 spiro atoms. The number of morpholine rings is 1. The molecule has 0 radical (unpaired) electrons. The highest BCUT2D eigenvalue weighted by molar-refractivity contribution is 6.32. The van der Waals surface area contributed by atoms with Gasteiger partial charge in [0.05, 0.1) is 25.5 Å². The summed E-state index contributed by atoms with van der Waals surface area (Å²) < 4.78 is 5.36. The standard InChI is InChI=1S/C19H21ClN4O2/c1-14-12-16(23-19(22-14)24-8-10-26-11-9-24)13-21-18(25)7-6-15-4-2-3-5-17(15)20/h2-7,12H,8-11,13H2,1H3,(H,21,25)/b7-6+. The van der Waals surface area contributed by atoms with Gasteiger partial charge in [-0.15, -0.1) is 0 Å². The molecule has 1 N–H and O–H groups in total. The maximum absolute atomic E-state index is 12.1. The summed E-state index contributed by atoms with van der Waals surface area (Å²) in [5.41, 5.74) is 2.45. The van der Waals surface area contributed by atoms with Crippen LogP contribution in [0.2, 0.25) is 5.02 Å². The Morgan fingerprint density at radius 3 is 2.85 bits per heavy atom. The number of nitrogens with zero attached hydrogens (tertiary/aromatic N) is 3. The number of aromatic nitrogens is 2. The third-order valence-corrected chi connectivity index (χ3v) is 4.30. The van der Waals surface area contributed by atoms with E-state index in [-0.39, 0.29) is 5.91 Å². The molecule has 1 saturated heterocycles. The lowest BCUT2D eigenvalue weighted by Crippen LogP contribution is -2.37. The summed E-state index contributed by atoms with van der Waals surface area (Å²) in [6.45, 7) is 5.17. The number of nitrogens with one attached hydrogen (secondary N) is 1. The molecule has 136 valence electrons. The molecular weight excluding hydrogens is 352 g/mol. The Morgan fingerprint density at radius 2 is 2.08 bits per heavy atom. The second-order valence-corrected chi connectivity index (χ2v) is 6.38. The van der Waals surface area contributed by atoms with E-state index in [2.05, 4.69) is 20.2 Å². The van der Waals surface area contributed by atoms with Gasteiger partial charge in [-0.3, -0.25) is 4.79 Å². The number of hydrogen-bond acceptors (Lipinski definition) is 5. The highest BCUT2D eigenvalue weighted by atomic mass is 35.5. The summed E-state index contributed by atoms with van der Waals surface area (Å²) in [5.74, 6) is 0.485. The average Bonchev–Trinajstić information content (AvgIpc) is 2.66. The molecule has 26 heavy (non-hydrogen) atoms. The van der Waals surface area contributed by atoms with Gasteiger partial charge in [-0.2, -0.15) is 0 Å². The van der Waals surface area contributed by atoms with Crippen LogP contribution >= 0.6 is 11.6 Å². The highest BCUT2D eigenvalue weighted by Gasteiger charge is 2.15. The third kappa shape index (κ3) is 5.03. The van der Waals surface area contributed by atoms with Gasteiger partial charge in [0.2, 0.25) is 11.9 Å². The van der Waals surface area contributed by atoms with E-state index in [4.69, 9.17) is 16.3 Å². The number of carbonyl (C=O) groups is 1. The lowest BCUT2D eigenvalue weighted by molar-refractivity contribution is -0.116. The van der Waals surface area contributed by atoms with Gasteiger partial charge in [0.25, 0.3) is 0 Å². The van der Waals surface area contributed by atoms with Crippen LogP contribution in [0.5, 0.6) is 0 Å². The van der Waals surface area contributed by atoms with Crippen molar-refractivity contribution < 1.29 is 9.53 Å². The number of ether oxygens (including phenoxy) is 1. The number of hydrogen-bond donors (Lipinski definition) is 1. The molecule has 0 bridgehead atoms. The van der Waals surface area contributed by atoms with Gasteiger partial charge in [0.15, 0.2) is 0 Å². The van der Waals surface area contributed by atoms with Gasteiger partial charge >= 0.3 is 0 Å². The van der Waals surface area contributed by atoms with Crippen LogP contribution in [0.4, 0.5) is 5.95 Å². The van der Waals surface area contributed by atoms with E-state index in [9.17, 15) is 4.79 Å². The van der Waals surface area contributed by atoms with Crippen molar-refractivity contribution in [1.82, 2.24) is 15.3 Å². The Hall–Kier alpha value is -2.44. The second kappa shape index (κ2) is 8.78. The molecule has 1 aromatic heterocycles. The zero-order valence-corrected chi connectivity index (χ0v) is 15.4. The van der Waals surface area contributed by atoms with Crippen LogP contribution in [0.15, 0.2) is 36.4 Å². The second-order valence-electron chi connectivity index (χ2n) is 5.97. The lowest BCUT2D eigenvalue weighted by atomic mass is 10.2. The normalized spacial score (nSPS) is 14.6. The van der Waals surface area contributed by atoms with Crippen molar-refractivity contribution >= 4 is 29.5 Å². The predicted octanol–water partition coefficient (Wildman–Crippen LogP) is 2.60. The molecule has 1 aliphatic rings. The van der Waals surface area contributed by atoms with Crippen molar-refractivity contribution in [2.75, 3.05) is 31.2 Å². The Morgan fingerprint density at radius 1 is 1.31 bits per heavy atom. The minimum absolute atomic E-state index is 0.200. The number of amides is 1. The molecule has 2 heterocycles. The molecule has 0 unspecified atom stereocenters. The summed E-state index contributed by atoms with van der Waals surface area (Å²) in [7, 11) is 0. The zero-order valence-electron chi connectivity index (χ0n) is 14.6. The Balaban J connectivity index is 1.61. The van der Waals surface area contributed by atoms with Crippen molar-refractivity contribution in [2.24, 2.45) is 0 Å². The molecular formula is C19H21ClN4O2. The number of anilines is 1. The number of benzene rings is 1. The predicted molar refractivity (Wildman–Crippen MR) is 102 cm³/mol.